The normalized spacial score (nSPS) is 12.2. The fourth-order valence-corrected chi connectivity index (χ4v) is 2.98. The highest BCUT2D eigenvalue weighted by Gasteiger charge is 2.15. The van der Waals surface area contributed by atoms with Gasteiger partial charge in [-0.15, -0.1) is 0 Å². The van der Waals surface area contributed by atoms with E-state index in [-0.39, 0.29) is 11.9 Å². The Morgan fingerprint density at radius 2 is 2.05 bits per heavy atom. The number of methoxy groups -OCH3 is 1. The first-order valence-corrected chi connectivity index (χ1v) is 7.74. The first-order valence-electron chi connectivity index (χ1n) is 6.95. The average Bonchev–Trinajstić information content (AvgIpc) is 2.47. The first kappa shape index (κ1) is 16.0. The third-order valence-corrected chi connectivity index (χ3v) is 4.05. The van der Waals surface area contributed by atoms with Crippen LogP contribution < -0.4 is 10.1 Å². The molecule has 0 aromatic heterocycles. The van der Waals surface area contributed by atoms with Gasteiger partial charge in [0.05, 0.1) is 7.11 Å². The van der Waals surface area contributed by atoms with Gasteiger partial charge in [-0.05, 0) is 48.4 Å². The third-order valence-electron chi connectivity index (χ3n) is 3.36. The molecule has 2 aromatic carbocycles. The molecule has 0 saturated heterocycles. The van der Waals surface area contributed by atoms with Gasteiger partial charge in [0.2, 0.25) is 0 Å². The maximum Gasteiger partial charge on any atom is 0.124 e. The highest BCUT2D eigenvalue weighted by Crippen LogP contribution is 2.27. The summed E-state index contributed by atoms with van der Waals surface area (Å²) in [5, 5.41) is 3.45. The molecule has 21 heavy (non-hydrogen) atoms. The van der Waals surface area contributed by atoms with E-state index in [0.717, 1.165) is 28.8 Å². The van der Waals surface area contributed by atoms with Crippen molar-refractivity contribution < 1.29 is 9.13 Å². The molecule has 0 amide bonds. The van der Waals surface area contributed by atoms with Crippen LogP contribution in [0.25, 0.3) is 0 Å². The number of nitrogens with one attached hydrogen (secondary N) is 1. The Morgan fingerprint density at radius 3 is 2.71 bits per heavy atom. The minimum absolute atomic E-state index is 0.122. The predicted molar refractivity (Wildman–Crippen MR) is 87.2 cm³/mol. The Kier molecular flexibility index (Phi) is 5.76. The van der Waals surface area contributed by atoms with Crippen molar-refractivity contribution in [1.82, 2.24) is 5.32 Å². The summed E-state index contributed by atoms with van der Waals surface area (Å²) in [4.78, 5) is 0. The number of rotatable bonds is 6. The van der Waals surface area contributed by atoms with Crippen molar-refractivity contribution in [3.8, 4) is 5.75 Å². The van der Waals surface area contributed by atoms with Gasteiger partial charge in [-0.3, -0.25) is 0 Å². The molecule has 0 heterocycles. The smallest absolute Gasteiger partial charge is 0.124 e. The number of likely N-dealkylation sites (N-methyl/N-ethyl adjacent to an activating group) is 1. The van der Waals surface area contributed by atoms with Gasteiger partial charge in [-0.1, -0.05) is 41.1 Å². The minimum atomic E-state index is -0.234. The summed E-state index contributed by atoms with van der Waals surface area (Å²) in [5.41, 5.74) is 2.23. The zero-order valence-electron chi connectivity index (χ0n) is 12.2. The zero-order chi connectivity index (χ0) is 15.2. The Morgan fingerprint density at radius 1 is 1.24 bits per heavy atom. The van der Waals surface area contributed by atoms with Gasteiger partial charge in [0.25, 0.3) is 0 Å². The van der Waals surface area contributed by atoms with Crippen LogP contribution in [0.15, 0.2) is 46.9 Å². The lowest BCUT2D eigenvalue weighted by atomic mass is 9.98. The van der Waals surface area contributed by atoms with Gasteiger partial charge in [0, 0.05) is 10.5 Å². The number of ether oxygens (including phenoxy) is 1. The Bertz CT molecular complexity index is 603. The molecule has 0 aliphatic heterocycles. The van der Waals surface area contributed by atoms with E-state index in [0.29, 0.717) is 0 Å². The molecule has 1 unspecified atom stereocenters. The quantitative estimate of drug-likeness (QED) is 0.827. The van der Waals surface area contributed by atoms with Crippen LogP contribution in [0.4, 0.5) is 4.39 Å². The molecule has 1 atom stereocenters. The molecule has 0 fully saturated rings. The Balaban J connectivity index is 2.26. The molecule has 2 rings (SSSR count). The maximum absolute atomic E-state index is 13.3. The Hall–Kier alpha value is -1.39. The molecule has 0 spiro atoms. The van der Waals surface area contributed by atoms with Crippen LogP contribution in [0.2, 0.25) is 0 Å². The number of benzene rings is 2. The monoisotopic (exact) mass is 351 g/mol. The van der Waals surface area contributed by atoms with Crippen molar-refractivity contribution in [3.05, 3.63) is 63.9 Å². The third kappa shape index (κ3) is 4.29. The van der Waals surface area contributed by atoms with Crippen molar-refractivity contribution >= 4 is 15.9 Å². The van der Waals surface area contributed by atoms with E-state index in [1.54, 1.807) is 7.11 Å². The average molecular weight is 352 g/mol. The van der Waals surface area contributed by atoms with Gasteiger partial charge < -0.3 is 10.1 Å². The van der Waals surface area contributed by atoms with Crippen molar-refractivity contribution in [2.24, 2.45) is 0 Å². The van der Waals surface area contributed by atoms with Crippen molar-refractivity contribution in [3.63, 3.8) is 0 Å². The zero-order valence-corrected chi connectivity index (χ0v) is 13.8. The van der Waals surface area contributed by atoms with Gasteiger partial charge in [-0.25, -0.2) is 4.39 Å². The van der Waals surface area contributed by atoms with Crippen molar-refractivity contribution in [1.29, 1.82) is 0 Å². The number of halogens is 2. The summed E-state index contributed by atoms with van der Waals surface area (Å²) in [5.74, 6) is 0.614. The van der Waals surface area contributed by atoms with Crippen LogP contribution >= 0.6 is 15.9 Å². The lowest BCUT2D eigenvalue weighted by molar-refractivity contribution is 0.414. The predicted octanol–water partition coefficient (Wildman–Crippen LogP) is 4.49. The topological polar surface area (TPSA) is 21.3 Å². The largest absolute Gasteiger partial charge is 0.497 e. The van der Waals surface area contributed by atoms with Crippen LogP contribution in [0, 0.1) is 5.82 Å². The SMILES string of the molecule is CCNC(Cc1cccc(OC)c1)c1ccc(F)cc1Br. The molecule has 4 heteroatoms. The fourth-order valence-electron chi connectivity index (χ4n) is 2.36. The summed E-state index contributed by atoms with van der Waals surface area (Å²) in [6, 6.07) is 13.0. The van der Waals surface area contributed by atoms with Crippen LogP contribution in [-0.4, -0.2) is 13.7 Å². The fraction of sp³-hybridized carbons (Fsp3) is 0.294. The van der Waals surface area contributed by atoms with E-state index in [1.807, 2.05) is 24.3 Å². The van der Waals surface area contributed by atoms with E-state index in [2.05, 4.69) is 34.2 Å². The van der Waals surface area contributed by atoms with Crippen LogP contribution in [0.5, 0.6) is 5.75 Å². The van der Waals surface area contributed by atoms with E-state index in [4.69, 9.17) is 4.74 Å². The summed E-state index contributed by atoms with van der Waals surface area (Å²) in [6.07, 6.45) is 0.815. The molecule has 112 valence electrons. The highest BCUT2D eigenvalue weighted by molar-refractivity contribution is 9.10. The Labute approximate surface area is 133 Å². The van der Waals surface area contributed by atoms with Crippen molar-refractivity contribution in [2.45, 2.75) is 19.4 Å². The molecule has 0 radical (unpaired) electrons. The summed E-state index contributed by atoms with van der Waals surface area (Å²) >= 11 is 3.45. The van der Waals surface area contributed by atoms with E-state index in [1.165, 1.54) is 17.7 Å². The van der Waals surface area contributed by atoms with Gasteiger partial charge in [0.1, 0.15) is 11.6 Å². The standard InChI is InChI=1S/C17H19BrFNO/c1-3-20-17(15-8-7-13(19)11-16(15)18)10-12-5-4-6-14(9-12)21-2/h4-9,11,17,20H,3,10H2,1-2H3. The highest BCUT2D eigenvalue weighted by atomic mass is 79.9. The summed E-state index contributed by atoms with van der Waals surface area (Å²) < 4.78 is 19.3. The summed E-state index contributed by atoms with van der Waals surface area (Å²) in [7, 11) is 1.66. The second-order valence-electron chi connectivity index (χ2n) is 4.83. The van der Waals surface area contributed by atoms with Gasteiger partial charge in [-0.2, -0.15) is 0 Å². The van der Waals surface area contributed by atoms with E-state index in [9.17, 15) is 4.39 Å². The molecule has 0 saturated carbocycles. The van der Waals surface area contributed by atoms with Crippen LogP contribution in [0.3, 0.4) is 0 Å². The number of hydrogen-bond donors (Lipinski definition) is 1. The van der Waals surface area contributed by atoms with Gasteiger partial charge >= 0.3 is 0 Å². The van der Waals surface area contributed by atoms with Crippen LogP contribution in [-0.2, 0) is 6.42 Å². The second-order valence-corrected chi connectivity index (χ2v) is 5.69. The second kappa shape index (κ2) is 7.57. The van der Waals surface area contributed by atoms with Crippen molar-refractivity contribution in [2.75, 3.05) is 13.7 Å². The molecule has 0 bridgehead atoms. The molecule has 2 nitrogen and oxygen atoms in total. The maximum atomic E-state index is 13.3. The molecular formula is C17H19BrFNO. The molecular weight excluding hydrogens is 333 g/mol. The molecule has 0 aliphatic rings. The van der Waals surface area contributed by atoms with E-state index >= 15 is 0 Å². The molecule has 2 aromatic rings. The molecule has 1 N–H and O–H groups in total. The van der Waals surface area contributed by atoms with E-state index < -0.39 is 0 Å². The lowest BCUT2D eigenvalue weighted by Crippen LogP contribution is -2.23. The number of hydrogen-bond acceptors (Lipinski definition) is 2. The van der Waals surface area contributed by atoms with Gasteiger partial charge in [0.15, 0.2) is 0 Å². The molecule has 0 aliphatic carbocycles. The minimum Gasteiger partial charge on any atom is -0.497 e. The van der Waals surface area contributed by atoms with Crippen LogP contribution in [0.1, 0.15) is 24.1 Å². The lowest BCUT2D eigenvalue weighted by Gasteiger charge is -2.20. The summed E-state index contributed by atoms with van der Waals surface area (Å²) in [6.45, 7) is 2.91. The first-order chi connectivity index (χ1) is 10.1.